The van der Waals surface area contributed by atoms with Gasteiger partial charge in [0.15, 0.2) is 17.7 Å². The van der Waals surface area contributed by atoms with Crippen molar-refractivity contribution in [2.24, 2.45) is 0 Å². The van der Waals surface area contributed by atoms with Gasteiger partial charge in [0.2, 0.25) is 0 Å². The molecule has 4 rings (SSSR count). The predicted octanol–water partition coefficient (Wildman–Crippen LogP) is 4.30. The molecule has 228 valence electrons. The number of anilines is 3. The molecule has 0 saturated heterocycles. The van der Waals surface area contributed by atoms with Crippen LogP contribution in [-0.2, 0) is 27.1 Å². The third-order valence-electron chi connectivity index (χ3n) is 7.21. The van der Waals surface area contributed by atoms with Gasteiger partial charge in [0.25, 0.3) is 23.2 Å². The number of ether oxygens (including phenoxy) is 1. The van der Waals surface area contributed by atoms with Crippen LogP contribution < -0.4 is 36.1 Å². The second-order valence-corrected chi connectivity index (χ2v) is 13.2. The van der Waals surface area contributed by atoms with Gasteiger partial charge in [0, 0.05) is 5.56 Å². The molecule has 1 aliphatic heterocycles. The molecule has 43 heavy (non-hydrogen) atoms. The van der Waals surface area contributed by atoms with Crippen LogP contribution in [0.4, 0.5) is 17.1 Å². The summed E-state index contributed by atoms with van der Waals surface area (Å²) in [6.07, 6.45) is 3.36. The van der Waals surface area contributed by atoms with Crippen molar-refractivity contribution in [2.45, 2.75) is 52.5 Å². The molecule has 2 amide bonds. The summed E-state index contributed by atoms with van der Waals surface area (Å²) in [5.41, 5.74) is 9.50. The van der Waals surface area contributed by atoms with E-state index in [0.29, 0.717) is 28.4 Å². The Morgan fingerprint density at radius 1 is 0.953 bits per heavy atom. The molecule has 0 fully saturated rings. The molecule has 1 unspecified atom stereocenters. The number of amides is 2. The Labute approximate surface area is 256 Å². The van der Waals surface area contributed by atoms with E-state index in [1.54, 1.807) is 35.1 Å². The molecule has 11 heteroatoms. The molecule has 0 saturated carbocycles. The van der Waals surface area contributed by atoms with Gasteiger partial charge in [0.05, 0.1) is 30.2 Å². The van der Waals surface area contributed by atoms with Gasteiger partial charge in [-0.1, -0.05) is 57.2 Å². The molecule has 3 aromatic rings. The van der Waals surface area contributed by atoms with Gasteiger partial charge < -0.3 is 15.4 Å². The van der Waals surface area contributed by atoms with Crippen molar-refractivity contribution in [1.29, 1.82) is 0 Å². The lowest BCUT2D eigenvalue weighted by molar-refractivity contribution is -0.699. The van der Waals surface area contributed by atoms with E-state index < -0.39 is 16.9 Å². The maximum absolute atomic E-state index is 13.6. The maximum atomic E-state index is 13.6. The van der Waals surface area contributed by atoms with Crippen molar-refractivity contribution in [3.63, 3.8) is 0 Å². The first-order chi connectivity index (χ1) is 20.2. The summed E-state index contributed by atoms with van der Waals surface area (Å²) in [7, 11) is 1.53. The van der Waals surface area contributed by atoms with Crippen molar-refractivity contribution >= 4 is 40.2 Å². The number of aryl methyl sites for hydroxylation is 1. The van der Waals surface area contributed by atoms with Gasteiger partial charge >= 0.3 is 0 Å². The van der Waals surface area contributed by atoms with Gasteiger partial charge in [0.1, 0.15) is 5.69 Å². The van der Waals surface area contributed by atoms with Crippen LogP contribution in [0, 0.1) is 6.92 Å². The van der Waals surface area contributed by atoms with Crippen LogP contribution in [0.25, 0.3) is 0 Å². The summed E-state index contributed by atoms with van der Waals surface area (Å²) >= 11 is -1.09. The van der Waals surface area contributed by atoms with Crippen LogP contribution in [0.15, 0.2) is 72.6 Å². The van der Waals surface area contributed by atoms with E-state index >= 15 is 0 Å². The van der Waals surface area contributed by atoms with E-state index in [0.717, 1.165) is 22.4 Å². The fourth-order valence-electron chi connectivity index (χ4n) is 4.73. The Morgan fingerprint density at radius 3 is 2.26 bits per heavy atom. The molecular formula is C32H42N6O4S+2. The zero-order chi connectivity index (χ0) is 31.5. The molecule has 0 aromatic heterocycles. The zero-order valence-corrected chi connectivity index (χ0v) is 26.8. The number of rotatable bonds is 9. The van der Waals surface area contributed by atoms with Gasteiger partial charge in [-0.05, 0) is 67.1 Å². The second kappa shape index (κ2) is 12.6. The molecular weight excluding hydrogens is 564 g/mol. The summed E-state index contributed by atoms with van der Waals surface area (Å²) in [6, 6.07) is 19.0. The van der Waals surface area contributed by atoms with E-state index in [1.807, 2.05) is 69.3 Å². The molecule has 7 N–H and O–H groups in total. The monoisotopic (exact) mass is 606 g/mol. The Kier molecular flexibility index (Phi) is 9.29. The molecule has 0 spiro atoms. The average molecular weight is 607 g/mol. The molecule has 0 bridgehead atoms. The number of nitrogens with one attached hydrogen (secondary N) is 4. The molecule has 1 aliphatic rings. The number of nitrogens with two attached hydrogens (primary N) is 1. The fourth-order valence-corrected chi connectivity index (χ4v) is 5.20. The van der Waals surface area contributed by atoms with Gasteiger partial charge in [-0.2, -0.15) is 14.3 Å². The van der Waals surface area contributed by atoms with E-state index in [2.05, 4.69) is 41.6 Å². The fraction of sp³-hybridized carbons (Fsp3) is 0.312. The highest BCUT2D eigenvalue weighted by Crippen LogP contribution is 2.39. The quantitative estimate of drug-likeness (QED) is 0.158. The second-order valence-electron chi connectivity index (χ2n) is 12.1. The van der Waals surface area contributed by atoms with Gasteiger partial charge in [-0.3, -0.25) is 9.59 Å². The van der Waals surface area contributed by atoms with E-state index in [4.69, 9.17) is 4.74 Å². The van der Waals surface area contributed by atoms with Crippen molar-refractivity contribution in [3.05, 3.63) is 94.8 Å². The Morgan fingerprint density at radius 2 is 1.63 bits per heavy atom. The molecule has 1 atom stereocenters. The molecule has 0 radical (unpaired) electrons. The van der Waals surface area contributed by atoms with Crippen LogP contribution in [0.5, 0.6) is 5.75 Å². The Bertz CT molecular complexity index is 1530. The lowest BCUT2D eigenvalue weighted by Gasteiger charge is -2.26. The number of nitrogens with zero attached hydrogens (tertiary/aromatic N) is 1. The summed E-state index contributed by atoms with van der Waals surface area (Å²) in [4.78, 5) is 26.7. The first-order valence-corrected chi connectivity index (χ1v) is 15.5. The zero-order valence-electron chi connectivity index (χ0n) is 26.0. The van der Waals surface area contributed by atoms with E-state index in [9.17, 15) is 14.1 Å². The number of carbonyl (C=O) groups is 2. The molecule has 0 aliphatic carbocycles. The lowest BCUT2D eigenvalue weighted by atomic mass is 9.86. The predicted molar refractivity (Wildman–Crippen MR) is 174 cm³/mol. The first-order valence-electron chi connectivity index (χ1n) is 13.9. The third-order valence-corrected chi connectivity index (χ3v) is 7.72. The number of hydrogen-bond donors (Lipinski definition) is 6. The highest BCUT2D eigenvalue weighted by Gasteiger charge is 2.30. The summed E-state index contributed by atoms with van der Waals surface area (Å²) in [6.45, 7) is 12.1. The number of hydrogen-bond acceptors (Lipinski definition) is 7. The Hall–Kier alpha value is -4.19. The maximum Gasteiger partial charge on any atom is 0.275 e. The largest absolute Gasteiger partial charge is 0.492 e. The minimum Gasteiger partial charge on any atom is -0.492 e. The summed E-state index contributed by atoms with van der Waals surface area (Å²) in [5, 5.41) is 7.89. The van der Waals surface area contributed by atoms with Crippen LogP contribution >= 0.6 is 0 Å². The van der Waals surface area contributed by atoms with Crippen molar-refractivity contribution < 1.29 is 24.4 Å². The van der Waals surface area contributed by atoms with Gasteiger partial charge in [-0.25, -0.2) is 5.43 Å². The molecule has 1 heterocycles. The van der Waals surface area contributed by atoms with Crippen LogP contribution in [0.1, 0.15) is 61.7 Å². The highest BCUT2D eigenvalue weighted by molar-refractivity contribution is 7.92. The number of carbonyl (C=O) groups excluding carboxylic acids is 2. The van der Waals surface area contributed by atoms with Crippen LogP contribution in [0.3, 0.4) is 0 Å². The number of methoxy groups -OCH3 is 1. The first kappa shape index (κ1) is 31.7. The average Bonchev–Trinajstić information content (AvgIpc) is 3.43. The third kappa shape index (κ3) is 7.42. The molecule has 3 aromatic carbocycles. The highest BCUT2D eigenvalue weighted by atomic mass is 32.2. The molecule has 10 nitrogen and oxygen atoms in total. The minimum atomic E-state index is -1.09. The van der Waals surface area contributed by atoms with Gasteiger partial charge in [-0.15, -0.1) is 5.53 Å². The number of quaternary nitrogens is 1. The lowest BCUT2D eigenvalue weighted by Crippen LogP contribution is -2.98. The summed E-state index contributed by atoms with van der Waals surface area (Å²) in [5.74, 6) is -0.141. The van der Waals surface area contributed by atoms with Crippen LogP contribution in [0.2, 0.25) is 0 Å². The SMILES string of the molecule is COc1c(NC(=O)c2ccc(C)c(N3C=C(C(=O)NC(C)(C)c4ccccc4)N[NH2+]3)c2)cc(C(C)(C)C)cc1N[S+](C)O. The normalized spacial score (nSPS) is 14.0. The summed E-state index contributed by atoms with van der Waals surface area (Å²) < 4.78 is 18.7. The van der Waals surface area contributed by atoms with Crippen LogP contribution in [-0.4, -0.2) is 29.7 Å². The van der Waals surface area contributed by atoms with Crippen molar-refractivity contribution in [2.75, 3.05) is 28.4 Å². The number of benzene rings is 3. The standard InChI is InChI=1S/C32H40N6O4S/c1-20-14-15-21(29(39)33-24-17-23(31(2,3)4)18-25(28(24)42-7)36-43(8)41)16-27(20)38-19-26(35-37-38)30(40)34-32(5,6)22-12-10-9-11-13-22/h9-19,35-37,41H,1-8H3,(H-,33,34,39,40)/p+2. The Balaban J connectivity index is 1.58. The van der Waals surface area contributed by atoms with Crippen molar-refractivity contribution in [1.82, 2.24) is 10.7 Å². The topological polar surface area (TPSA) is 132 Å². The smallest absolute Gasteiger partial charge is 0.275 e. The van der Waals surface area contributed by atoms with E-state index in [-0.39, 0.29) is 17.2 Å². The van der Waals surface area contributed by atoms with Crippen molar-refractivity contribution in [3.8, 4) is 5.75 Å². The minimum absolute atomic E-state index is 0.216. The van der Waals surface area contributed by atoms with E-state index in [1.165, 1.54) is 7.11 Å².